The number of nitrogens with one attached hydrogen (secondary N) is 1. The summed E-state index contributed by atoms with van der Waals surface area (Å²) in [4.78, 5) is 0. The third-order valence-electron chi connectivity index (χ3n) is 4.17. The first-order valence-corrected chi connectivity index (χ1v) is 9.09. The second-order valence-electron chi connectivity index (χ2n) is 6.22. The molecule has 0 heterocycles. The Kier molecular flexibility index (Phi) is 8.74. The van der Waals surface area contributed by atoms with Crippen molar-refractivity contribution < 1.29 is 14.2 Å². The van der Waals surface area contributed by atoms with Crippen LogP contribution in [0.3, 0.4) is 0 Å². The van der Waals surface area contributed by atoms with Gasteiger partial charge in [-0.1, -0.05) is 54.1 Å². The molecular weight excluding hydrogens is 400 g/mol. The molecule has 0 bridgehead atoms. The van der Waals surface area contributed by atoms with Gasteiger partial charge in [-0.2, -0.15) is 0 Å². The zero-order valence-electron chi connectivity index (χ0n) is 15.1. The summed E-state index contributed by atoms with van der Waals surface area (Å²) in [6, 6.07) is 21.1. The van der Waals surface area contributed by atoms with Gasteiger partial charge >= 0.3 is 0 Å². The Morgan fingerprint density at radius 2 is 1.71 bits per heavy atom. The minimum atomic E-state index is -0.589. The van der Waals surface area contributed by atoms with E-state index < -0.39 is 6.10 Å². The van der Waals surface area contributed by atoms with Crippen molar-refractivity contribution in [2.75, 3.05) is 6.54 Å². The molecule has 28 heavy (non-hydrogen) atoms. The number of aliphatic hydroxyl groups excluding tert-OH is 1. The summed E-state index contributed by atoms with van der Waals surface area (Å²) >= 11 is 6.11. The molecule has 0 radical (unpaired) electrons. The van der Waals surface area contributed by atoms with E-state index in [1.54, 1.807) is 18.2 Å². The van der Waals surface area contributed by atoms with Crippen LogP contribution in [0.15, 0.2) is 72.8 Å². The first-order chi connectivity index (χ1) is 13.1. The van der Waals surface area contributed by atoms with Crippen molar-refractivity contribution >= 4 is 24.0 Å². The average Bonchev–Trinajstić information content (AvgIpc) is 2.69. The summed E-state index contributed by atoms with van der Waals surface area (Å²) in [7, 11) is 0. The summed E-state index contributed by atoms with van der Waals surface area (Å²) in [6.45, 7) is 1.25. The molecule has 0 fully saturated rings. The van der Waals surface area contributed by atoms with Gasteiger partial charge in [-0.3, -0.25) is 0 Å². The van der Waals surface area contributed by atoms with Crippen molar-refractivity contribution in [3.8, 4) is 5.75 Å². The molecule has 0 saturated heterocycles. The topological polar surface area (TPSA) is 41.5 Å². The van der Waals surface area contributed by atoms with Crippen LogP contribution in [0.2, 0.25) is 5.02 Å². The van der Waals surface area contributed by atoms with Gasteiger partial charge in [-0.15, -0.1) is 12.4 Å². The van der Waals surface area contributed by atoms with Crippen LogP contribution in [0, 0.1) is 5.82 Å². The largest absolute Gasteiger partial charge is 0.489 e. The van der Waals surface area contributed by atoms with Crippen molar-refractivity contribution in [3.05, 3.63) is 100 Å². The van der Waals surface area contributed by atoms with Crippen molar-refractivity contribution in [2.45, 2.75) is 19.3 Å². The average molecular weight is 422 g/mol. The molecule has 3 aromatic carbocycles. The standard InChI is InChI=1S/C22H21ClFNO2.ClH/c23-19-8-11-22(27-15-16-6-9-20(24)10-7-16)18(12-19)13-25-14-21(26)17-4-2-1-3-5-17;/h1-12,21,25-26H,13-15H2;1H. The minimum absolute atomic E-state index is 0. The number of aliphatic hydroxyl groups is 1. The number of hydrogen-bond acceptors (Lipinski definition) is 3. The van der Waals surface area contributed by atoms with Crippen LogP contribution >= 0.6 is 24.0 Å². The number of ether oxygens (including phenoxy) is 1. The maximum absolute atomic E-state index is 13.0. The molecule has 3 rings (SSSR count). The molecule has 2 N–H and O–H groups in total. The van der Waals surface area contributed by atoms with Crippen LogP contribution in [0.25, 0.3) is 0 Å². The molecule has 3 nitrogen and oxygen atoms in total. The van der Waals surface area contributed by atoms with E-state index in [-0.39, 0.29) is 18.2 Å². The van der Waals surface area contributed by atoms with Crippen molar-refractivity contribution in [1.82, 2.24) is 5.32 Å². The molecule has 1 atom stereocenters. The Hall–Kier alpha value is -2.11. The zero-order valence-corrected chi connectivity index (χ0v) is 16.7. The Balaban J connectivity index is 0.00000280. The Morgan fingerprint density at radius 1 is 1.00 bits per heavy atom. The molecular formula is C22H22Cl2FNO2. The zero-order chi connectivity index (χ0) is 19.1. The Labute approximate surface area is 175 Å². The summed E-state index contributed by atoms with van der Waals surface area (Å²) in [5, 5.41) is 14.1. The van der Waals surface area contributed by atoms with Crippen molar-refractivity contribution in [2.24, 2.45) is 0 Å². The number of benzene rings is 3. The first kappa shape index (κ1) is 22.2. The summed E-state index contributed by atoms with van der Waals surface area (Å²) in [5.41, 5.74) is 2.64. The van der Waals surface area contributed by atoms with Crippen LogP contribution in [0.4, 0.5) is 4.39 Å². The highest BCUT2D eigenvalue weighted by Crippen LogP contribution is 2.24. The lowest BCUT2D eigenvalue weighted by Crippen LogP contribution is -2.21. The van der Waals surface area contributed by atoms with E-state index in [9.17, 15) is 9.50 Å². The maximum Gasteiger partial charge on any atom is 0.124 e. The van der Waals surface area contributed by atoms with Crippen LogP contribution in [-0.2, 0) is 13.2 Å². The highest BCUT2D eigenvalue weighted by Gasteiger charge is 2.09. The van der Waals surface area contributed by atoms with Gasteiger partial charge in [0, 0.05) is 23.7 Å². The van der Waals surface area contributed by atoms with Gasteiger partial charge in [0.2, 0.25) is 0 Å². The normalized spacial score (nSPS) is 11.5. The number of rotatable bonds is 8. The molecule has 1 unspecified atom stereocenters. The first-order valence-electron chi connectivity index (χ1n) is 8.71. The molecule has 0 aliphatic rings. The van der Waals surface area contributed by atoms with Gasteiger partial charge in [0.1, 0.15) is 18.2 Å². The number of hydrogen-bond donors (Lipinski definition) is 2. The fourth-order valence-corrected chi connectivity index (χ4v) is 2.90. The Bertz CT molecular complexity index is 860. The summed E-state index contributed by atoms with van der Waals surface area (Å²) in [5.74, 6) is 0.428. The molecule has 0 saturated carbocycles. The quantitative estimate of drug-likeness (QED) is 0.518. The van der Waals surface area contributed by atoms with E-state index in [0.29, 0.717) is 30.5 Å². The van der Waals surface area contributed by atoms with Crippen LogP contribution in [-0.4, -0.2) is 11.7 Å². The van der Waals surface area contributed by atoms with E-state index >= 15 is 0 Å². The molecule has 3 aromatic rings. The lowest BCUT2D eigenvalue weighted by atomic mass is 10.1. The van der Waals surface area contributed by atoms with E-state index in [4.69, 9.17) is 16.3 Å². The van der Waals surface area contributed by atoms with Crippen molar-refractivity contribution in [1.29, 1.82) is 0 Å². The molecule has 6 heteroatoms. The maximum atomic E-state index is 13.0. The molecule has 0 aromatic heterocycles. The predicted octanol–water partition coefficient (Wildman–Crippen LogP) is 5.30. The Morgan fingerprint density at radius 3 is 2.43 bits per heavy atom. The third-order valence-corrected chi connectivity index (χ3v) is 4.40. The van der Waals surface area contributed by atoms with Gasteiger partial charge in [0.05, 0.1) is 6.10 Å². The summed E-state index contributed by atoms with van der Waals surface area (Å²) in [6.07, 6.45) is -0.589. The fraction of sp³-hybridized carbons (Fsp3) is 0.182. The third kappa shape index (κ3) is 6.50. The summed E-state index contributed by atoms with van der Waals surface area (Å²) < 4.78 is 18.9. The lowest BCUT2D eigenvalue weighted by molar-refractivity contribution is 0.174. The monoisotopic (exact) mass is 421 g/mol. The van der Waals surface area contributed by atoms with Gasteiger partial charge < -0.3 is 15.2 Å². The number of halogens is 3. The second kappa shape index (κ2) is 11.0. The van der Waals surface area contributed by atoms with Gasteiger partial charge in [-0.05, 0) is 41.5 Å². The molecule has 0 aliphatic heterocycles. The molecule has 148 valence electrons. The highest BCUT2D eigenvalue weighted by molar-refractivity contribution is 6.30. The van der Waals surface area contributed by atoms with Crippen molar-refractivity contribution in [3.63, 3.8) is 0 Å². The SMILES string of the molecule is Cl.OC(CNCc1cc(Cl)ccc1OCc1ccc(F)cc1)c1ccccc1. The highest BCUT2D eigenvalue weighted by atomic mass is 35.5. The van der Waals surface area contributed by atoms with Crippen LogP contribution in [0.1, 0.15) is 22.8 Å². The smallest absolute Gasteiger partial charge is 0.124 e. The molecule has 0 aliphatic carbocycles. The second-order valence-corrected chi connectivity index (χ2v) is 6.66. The van der Waals surface area contributed by atoms with Crippen LogP contribution < -0.4 is 10.1 Å². The minimum Gasteiger partial charge on any atom is -0.489 e. The molecule has 0 spiro atoms. The lowest BCUT2D eigenvalue weighted by Gasteiger charge is -2.15. The van der Waals surface area contributed by atoms with E-state index in [0.717, 1.165) is 16.7 Å². The predicted molar refractivity (Wildman–Crippen MR) is 113 cm³/mol. The molecule has 0 amide bonds. The van der Waals surface area contributed by atoms with Crippen LogP contribution in [0.5, 0.6) is 5.75 Å². The van der Waals surface area contributed by atoms with E-state index in [2.05, 4.69) is 5.32 Å². The van der Waals surface area contributed by atoms with Gasteiger partial charge in [0.15, 0.2) is 0 Å². The van der Waals surface area contributed by atoms with E-state index in [1.807, 2.05) is 42.5 Å². The van der Waals surface area contributed by atoms with Gasteiger partial charge in [-0.25, -0.2) is 4.39 Å². The fourth-order valence-electron chi connectivity index (χ4n) is 2.71. The van der Waals surface area contributed by atoms with E-state index in [1.165, 1.54) is 12.1 Å². The van der Waals surface area contributed by atoms with Gasteiger partial charge in [0.25, 0.3) is 0 Å².